The van der Waals surface area contributed by atoms with Gasteiger partial charge in [-0.05, 0) is 50.8 Å². The summed E-state index contributed by atoms with van der Waals surface area (Å²) < 4.78 is 16.0. The predicted molar refractivity (Wildman–Crippen MR) is 80.6 cm³/mol. The molecule has 0 aliphatic rings. The Morgan fingerprint density at radius 1 is 1.28 bits per heavy atom. The van der Waals surface area contributed by atoms with Crippen LogP contribution in [0.1, 0.15) is 58.6 Å². The molecule has 2 nitrogen and oxygen atoms in total. The summed E-state index contributed by atoms with van der Waals surface area (Å²) in [6.07, 6.45) is 0. The molecule has 18 heavy (non-hydrogen) atoms. The lowest BCUT2D eigenvalue weighted by Gasteiger charge is -2.14. The van der Waals surface area contributed by atoms with Crippen LogP contribution in [0.2, 0.25) is 0 Å². The highest BCUT2D eigenvalue weighted by Gasteiger charge is 2.19. The van der Waals surface area contributed by atoms with Gasteiger partial charge in [0, 0.05) is 0 Å². The van der Waals surface area contributed by atoms with E-state index in [0.717, 1.165) is 11.3 Å². The zero-order valence-corrected chi connectivity index (χ0v) is 13.0. The van der Waals surface area contributed by atoms with Gasteiger partial charge < -0.3 is 0 Å². The predicted octanol–water partition coefficient (Wildman–Crippen LogP) is 4.08. The molecule has 0 unspecified atom stereocenters. The fourth-order valence-corrected chi connectivity index (χ4v) is 2.06. The summed E-state index contributed by atoms with van der Waals surface area (Å²) in [6, 6.07) is 8.29. The number of nitrogens with zero attached hydrogens (tertiary/aromatic N) is 1. The molecule has 0 radical (unpaired) electrons. The first-order valence-corrected chi connectivity index (χ1v) is 7.40. The summed E-state index contributed by atoms with van der Waals surface area (Å²) in [5.74, 6) is 0.492. The van der Waals surface area contributed by atoms with Crippen LogP contribution in [-0.2, 0) is 11.0 Å². The van der Waals surface area contributed by atoms with Crippen molar-refractivity contribution < 1.29 is 4.21 Å². The molecule has 0 aliphatic carbocycles. The van der Waals surface area contributed by atoms with E-state index in [9.17, 15) is 4.21 Å². The topological polar surface area (TPSA) is 29.4 Å². The second-order valence-electron chi connectivity index (χ2n) is 5.82. The molecule has 0 N–H and O–H groups in total. The van der Waals surface area contributed by atoms with Crippen molar-refractivity contribution in [3.63, 3.8) is 0 Å². The van der Waals surface area contributed by atoms with E-state index < -0.39 is 11.0 Å². The van der Waals surface area contributed by atoms with Gasteiger partial charge in [-0.1, -0.05) is 32.0 Å². The molecule has 100 valence electrons. The van der Waals surface area contributed by atoms with Gasteiger partial charge in [0.2, 0.25) is 0 Å². The first-order chi connectivity index (χ1) is 8.21. The average molecular weight is 265 g/mol. The lowest BCUT2D eigenvalue weighted by Crippen LogP contribution is -2.20. The van der Waals surface area contributed by atoms with E-state index in [2.05, 4.69) is 30.4 Å². The van der Waals surface area contributed by atoms with Gasteiger partial charge in [-0.25, -0.2) is 4.21 Å². The van der Waals surface area contributed by atoms with Crippen LogP contribution in [0.15, 0.2) is 28.7 Å². The molecule has 0 saturated carbocycles. The van der Waals surface area contributed by atoms with Crippen LogP contribution in [0.5, 0.6) is 0 Å². The smallest absolute Gasteiger partial charge is 0.145 e. The third kappa shape index (κ3) is 4.05. The third-order valence-corrected chi connectivity index (χ3v) is 4.20. The summed E-state index contributed by atoms with van der Waals surface area (Å²) in [6.45, 7) is 12.1. The van der Waals surface area contributed by atoms with E-state index >= 15 is 0 Å². The van der Waals surface area contributed by atoms with Crippen LogP contribution >= 0.6 is 0 Å². The largest absolute Gasteiger partial charge is 0.234 e. The molecule has 1 rings (SSSR count). The molecule has 0 aliphatic heterocycles. The Labute approximate surface area is 113 Å². The van der Waals surface area contributed by atoms with Gasteiger partial charge in [0.05, 0.1) is 10.5 Å². The Balaban J connectivity index is 3.04. The SMILES string of the molecule is CC(=N[S@@](=O)C(C)(C)C)c1cccc(C(C)C)c1. The van der Waals surface area contributed by atoms with Gasteiger partial charge in [-0.2, -0.15) is 4.40 Å². The highest BCUT2D eigenvalue weighted by molar-refractivity contribution is 7.85. The summed E-state index contributed by atoms with van der Waals surface area (Å²) in [4.78, 5) is 0. The molecule has 1 atom stereocenters. The quantitative estimate of drug-likeness (QED) is 0.757. The Bertz CT molecular complexity index is 470. The average Bonchev–Trinajstić information content (AvgIpc) is 2.27. The van der Waals surface area contributed by atoms with Gasteiger partial charge in [0.25, 0.3) is 0 Å². The number of benzene rings is 1. The minimum atomic E-state index is -1.20. The lowest BCUT2D eigenvalue weighted by molar-refractivity contribution is 0.650. The molecule has 3 heteroatoms. The zero-order valence-electron chi connectivity index (χ0n) is 12.2. The molecule has 0 spiro atoms. The molecular formula is C15H23NOS. The van der Waals surface area contributed by atoms with E-state index in [1.807, 2.05) is 39.8 Å². The van der Waals surface area contributed by atoms with Crippen LogP contribution in [-0.4, -0.2) is 14.7 Å². The standard InChI is InChI=1S/C15H23NOS/c1-11(2)13-8-7-9-14(10-13)12(3)16-18(17)15(4,5)6/h7-11H,1-6H3/t18-/m0/s1. The molecular weight excluding hydrogens is 242 g/mol. The van der Waals surface area contributed by atoms with Crippen LogP contribution < -0.4 is 0 Å². The maximum absolute atomic E-state index is 12.0. The van der Waals surface area contributed by atoms with E-state index in [1.165, 1.54) is 5.56 Å². The van der Waals surface area contributed by atoms with E-state index in [0.29, 0.717) is 5.92 Å². The van der Waals surface area contributed by atoms with Crippen molar-refractivity contribution in [1.82, 2.24) is 0 Å². The van der Waals surface area contributed by atoms with E-state index in [1.54, 1.807) is 0 Å². The molecule has 0 amide bonds. The Morgan fingerprint density at radius 2 is 1.89 bits per heavy atom. The Kier molecular flexibility index (Phi) is 4.85. The maximum atomic E-state index is 12.0. The second kappa shape index (κ2) is 5.79. The highest BCUT2D eigenvalue weighted by Crippen LogP contribution is 2.18. The Hall–Kier alpha value is -0.960. The van der Waals surface area contributed by atoms with Crippen LogP contribution in [0, 0.1) is 0 Å². The highest BCUT2D eigenvalue weighted by atomic mass is 32.2. The molecule has 0 saturated heterocycles. The van der Waals surface area contributed by atoms with Crippen molar-refractivity contribution in [3.05, 3.63) is 35.4 Å². The first-order valence-electron chi connectivity index (χ1n) is 6.29. The van der Waals surface area contributed by atoms with Gasteiger partial charge in [-0.3, -0.25) is 0 Å². The third-order valence-electron chi connectivity index (χ3n) is 2.71. The summed E-state index contributed by atoms with van der Waals surface area (Å²) in [5.41, 5.74) is 3.17. The van der Waals surface area contributed by atoms with Crippen LogP contribution in [0.25, 0.3) is 0 Å². The lowest BCUT2D eigenvalue weighted by atomic mass is 9.99. The first kappa shape index (κ1) is 15.1. The monoisotopic (exact) mass is 265 g/mol. The number of rotatable bonds is 3. The van der Waals surface area contributed by atoms with Gasteiger partial charge in [0.15, 0.2) is 0 Å². The van der Waals surface area contributed by atoms with Crippen LogP contribution in [0.4, 0.5) is 0 Å². The zero-order chi connectivity index (χ0) is 13.9. The van der Waals surface area contributed by atoms with E-state index in [-0.39, 0.29) is 4.75 Å². The van der Waals surface area contributed by atoms with Crippen molar-refractivity contribution in [2.45, 2.75) is 52.2 Å². The molecule has 1 aromatic rings. The Morgan fingerprint density at radius 3 is 2.39 bits per heavy atom. The van der Waals surface area contributed by atoms with Gasteiger partial charge in [-0.15, -0.1) is 0 Å². The van der Waals surface area contributed by atoms with Crippen LogP contribution in [0.3, 0.4) is 0 Å². The normalized spacial score (nSPS) is 14.9. The maximum Gasteiger partial charge on any atom is 0.145 e. The van der Waals surface area contributed by atoms with Crippen molar-refractivity contribution >= 4 is 16.7 Å². The van der Waals surface area contributed by atoms with Crippen molar-refractivity contribution in [3.8, 4) is 0 Å². The summed E-state index contributed by atoms with van der Waals surface area (Å²) in [7, 11) is -1.20. The minimum absolute atomic E-state index is 0.309. The summed E-state index contributed by atoms with van der Waals surface area (Å²) in [5, 5.41) is 0. The fraction of sp³-hybridized carbons (Fsp3) is 0.533. The molecule has 0 fully saturated rings. The fourth-order valence-electron chi connectivity index (χ4n) is 1.44. The van der Waals surface area contributed by atoms with Gasteiger partial charge >= 0.3 is 0 Å². The molecule has 0 heterocycles. The minimum Gasteiger partial charge on any atom is -0.234 e. The number of hydrogen-bond donors (Lipinski definition) is 0. The molecule has 0 bridgehead atoms. The van der Waals surface area contributed by atoms with Gasteiger partial charge in [0.1, 0.15) is 11.0 Å². The summed E-state index contributed by atoms with van der Waals surface area (Å²) >= 11 is 0. The molecule has 1 aromatic carbocycles. The molecule has 0 aromatic heterocycles. The van der Waals surface area contributed by atoms with E-state index in [4.69, 9.17) is 0 Å². The van der Waals surface area contributed by atoms with Crippen molar-refractivity contribution in [2.75, 3.05) is 0 Å². The van der Waals surface area contributed by atoms with Crippen molar-refractivity contribution in [2.24, 2.45) is 4.40 Å². The second-order valence-corrected chi connectivity index (χ2v) is 7.72. The van der Waals surface area contributed by atoms with Crippen molar-refractivity contribution in [1.29, 1.82) is 0 Å². The number of hydrogen-bond acceptors (Lipinski definition) is 1.